The zero-order valence-corrected chi connectivity index (χ0v) is 17.3. The summed E-state index contributed by atoms with van der Waals surface area (Å²) >= 11 is 6.93. The fraction of sp³-hybridized carbons (Fsp3) is 0.190. The number of carbonyl (C=O) groups is 2. The van der Waals surface area contributed by atoms with E-state index in [1.165, 1.54) is 6.20 Å². The lowest BCUT2D eigenvalue weighted by Crippen LogP contribution is -2.29. The molecule has 3 aromatic rings. The van der Waals surface area contributed by atoms with Crippen molar-refractivity contribution < 1.29 is 14.3 Å². The number of thiophene rings is 1. The molecule has 0 unspecified atom stereocenters. The zero-order valence-electron chi connectivity index (χ0n) is 15.7. The number of ether oxygens (including phenoxy) is 1. The topological polar surface area (TPSA) is 77.4 Å². The number of nitrogens with one attached hydrogen (secondary N) is 1. The quantitative estimate of drug-likeness (QED) is 0.336. The van der Waals surface area contributed by atoms with Crippen molar-refractivity contribution in [2.45, 2.75) is 13.2 Å². The largest absolute Gasteiger partial charge is 0.373 e. The SMILES string of the molecule is C=CCOCc1c(C=O)sc2c(=O)c(C(=O)NCc3ccc(Cl)cc3)cn(C)c12. The minimum absolute atomic E-state index is 0.0197. The molecule has 0 saturated heterocycles. The van der Waals surface area contributed by atoms with E-state index in [1.807, 2.05) is 0 Å². The number of aldehydes is 1. The Bertz CT molecular complexity index is 1130. The lowest BCUT2D eigenvalue weighted by atomic mass is 10.1. The number of hydrogen-bond acceptors (Lipinski definition) is 5. The van der Waals surface area contributed by atoms with Crippen LogP contribution in [0.25, 0.3) is 10.2 Å². The third-order valence-electron chi connectivity index (χ3n) is 4.34. The Hall–Kier alpha value is -2.74. The van der Waals surface area contributed by atoms with E-state index in [0.29, 0.717) is 38.6 Å². The second-order valence-corrected chi connectivity index (χ2v) is 7.82. The summed E-state index contributed by atoms with van der Waals surface area (Å²) in [6, 6.07) is 7.07. The Morgan fingerprint density at radius 2 is 2.07 bits per heavy atom. The molecule has 29 heavy (non-hydrogen) atoms. The van der Waals surface area contributed by atoms with Crippen LogP contribution in [-0.4, -0.2) is 23.4 Å². The monoisotopic (exact) mass is 430 g/mol. The van der Waals surface area contributed by atoms with Gasteiger partial charge in [0.25, 0.3) is 5.91 Å². The first-order chi connectivity index (χ1) is 14.0. The lowest BCUT2D eigenvalue weighted by molar-refractivity contribution is 0.0949. The highest BCUT2D eigenvalue weighted by molar-refractivity contribution is 7.20. The number of halogens is 1. The standard InChI is InChI=1S/C21H19ClN2O4S/c1-3-8-28-12-16-17(11-25)29-20-18(16)24(2)10-15(19(20)26)21(27)23-9-13-4-6-14(22)7-5-13/h3-7,10-11H,1,8-9,12H2,2H3,(H,23,27). The predicted octanol–water partition coefficient (Wildman–Crippen LogP) is 3.70. The molecule has 0 aliphatic carbocycles. The number of benzene rings is 1. The van der Waals surface area contributed by atoms with E-state index in [2.05, 4.69) is 11.9 Å². The van der Waals surface area contributed by atoms with Crippen LogP contribution in [0.3, 0.4) is 0 Å². The molecular formula is C21H19ClN2O4S. The van der Waals surface area contributed by atoms with Gasteiger partial charge in [-0.05, 0) is 17.7 Å². The van der Waals surface area contributed by atoms with Gasteiger partial charge in [-0.2, -0.15) is 0 Å². The van der Waals surface area contributed by atoms with Crippen LogP contribution in [0.1, 0.15) is 31.2 Å². The summed E-state index contributed by atoms with van der Waals surface area (Å²) in [7, 11) is 1.73. The van der Waals surface area contributed by atoms with Gasteiger partial charge in [0, 0.05) is 30.4 Å². The van der Waals surface area contributed by atoms with Crippen molar-refractivity contribution in [3.8, 4) is 0 Å². The molecule has 0 radical (unpaired) electrons. The smallest absolute Gasteiger partial charge is 0.257 e. The number of fused-ring (bicyclic) bond motifs is 1. The second-order valence-electron chi connectivity index (χ2n) is 6.34. The zero-order chi connectivity index (χ0) is 21.0. The summed E-state index contributed by atoms with van der Waals surface area (Å²) in [6.45, 7) is 4.36. The molecule has 150 valence electrons. The fourth-order valence-electron chi connectivity index (χ4n) is 2.96. The molecule has 1 N–H and O–H groups in total. The molecule has 0 fully saturated rings. The molecule has 8 heteroatoms. The van der Waals surface area contributed by atoms with Gasteiger partial charge in [-0.3, -0.25) is 14.4 Å². The van der Waals surface area contributed by atoms with E-state index in [0.717, 1.165) is 16.9 Å². The third-order valence-corrected chi connectivity index (χ3v) is 5.73. The van der Waals surface area contributed by atoms with Crippen LogP contribution in [0, 0.1) is 0 Å². The molecular weight excluding hydrogens is 412 g/mol. The van der Waals surface area contributed by atoms with Gasteiger partial charge in [0.05, 0.1) is 23.6 Å². The summed E-state index contributed by atoms with van der Waals surface area (Å²) in [5, 5.41) is 3.36. The average Bonchev–Trinajstić information content (AvgIpc) is 3.10. The second kappa shape index (κ2) is 9.17. The van der Waals surface area contributed by atoms with Crippen molar-refractivity contribution in [1.29, 1.82) is 0 Å². The van der Waals surface area contributed by atoms with E-state index in [1.54, 1.807) is 42.0 Å². The molecule has 1 amide bonds. The van der Waals surface area contributed by atoms with Crippen LogP contribution >= 0.6 is 22.9 Å². The first kappa shape index (κ1) is 21.0. The molecule has 3 rings (SSSR count). The van der Waals surface area contributed by atoms with Crippen LogP contribution < -0.4 is 10.7 Å². The van der Waals surface area contributed by atoms with Crippen LogP contribution in [0.5, 0.6) is 0 Å². The highest BCUT2D eigenvalue weighted by atomic mass is 35.5. The van der Waals surface area contributed by atoms with E-state index < -0.39 is 11.3 Å². The molecule has 2 aromatic heterocycles. The van der Waals surface area contributed by atoms with Crippen molar-refractivity contribution in [2.75, 3.05) is 6.61 Å². The Labute approximate surface area is 176 Å². The van der Waals surface area contributed by atoms with Crippen molar-refractivity contribution in [3.63, 3.8) is 0 Å². The van der Waals surface area contributed by atoms with Gasteiger partial charge in [-0.25, -0.2) is 0 Å². The Balaban J connectivity index is 1.93. The molecule has 0 aliphatic rings. The maximum Gasteiger partial charge on any atom is 0.257 e. The van der Waals surface area contributed by atoms with Gasteiger partial charge in [-0.15, -0.1) is 17.9 Å². The van der Waals surface area contributed by atoms with Crippen LogP contribution in [-0.2, 0) is 24.9 Å². The number of hydrogen-bond donors (Lipinski definition) is 1. The van der Waals surface area contributed by atoms with Gasteiger partial charge in [-0.1, -0.05) is 29.8 Å². The fourth-order valence-corrected chi connectivity index (χ4v) is 4.20. The molecule has 0 atom stereocenters. The molecule has 0 spiro atoms. The van der Waals surface area contributed by atoms with E-state index in [9.17, 15) is 14.4 Å². The first-order valence-corrected chi connectivity index (χ1v) is 9.97. The van der Waals surface area contributed by atoms with Crippen molar-refractivity contribution in [2.24, 2.45) is 7.05 Å². The van der Waals surface area contributed by atoms with Crippen molar-refractivity contribution in [1.82, 2.24) is 9.88 Å². The highest BCUT2D eigenvalue weighted by Gasteiger charge is 2.21. The molecule has 0 saturated carbocycles. The van der Waals surface area contributed by atoms with Gasteiger partial charge in [0.1, 0.15) is 10.3 Å². The number of pyridine rings is 1. The minimum atomic E-state index is -0.479. The lowest BCUT2D eigenvalue weighted by Gasteiger charge is -2.10. The van der Waals surface area contributed by atoms with E-state index in [4.69, 9.17) is 16.3 Å². The maximum absolute atomic E-state index is 12.9. The molecule has 0 aliphatic heterocycles. The Kier molecular flexibility index (Phi) is 6.64. The van der Waals surface area contributed by atoms with Gasteiger partial charge in [0.15, 0.2) is 6.29 Å². The third kappa shape index (κ3) is 4.48. The average molecular weight is 431 g/mol. The van der Waals surface area contributed by atoms with Gasteiger partial charge in [0.2, 0.25) is 5.43 Å². The predicted molar refractivity (Wildman–Crippen MR) is 115 cm³/mol. The maximum atomic E-state index is 12.9. The summed E-state index contributed by atoms with van der Waals surface area (Å²) in [6.07, 6.45) is 3.80. The number of carbonyl (C=O) groups excluding carboxylic acids is 2. The minimum Gasteiger partial charge on any atom is -0.373 e. The highest BCUT2D eigenvalue weighted by Crippen LogP contribution is 2.29. The van der Waals surface area contributed by atoms with Crippen molar-refractivity contribution >= 4 is 45.3 Å². The number of aryl methyl sites for hydroxylation is 1. The molecule has 1 aromatic carbocycles. The van der Waals surface area contributed by atoms with Crippen LogP contribution in [0.4, 0.5) is 0 Å². The van der Waals surface area contributed by atoms with Crippen LogP contribution in [0.2, 0.25) is 5.02 Å². The van der Waals surface area contributed by atoms with E-state index >= 15 is 0 Å². The summed E-state index contributed by atoms with van der Waals surface area (Å²) in [4.78, 5) is 37.5. The molecule has 2 heterocycles. The van der Waals surface area contributed by atoms with Gasteiger partial charge >= 0.3 is 0 Å². The number of aromatic nitrogens is 1. The summed E-state index contributed by atoms with van der Waals surface area (Å²) in [5.74, 6) is -0.479. The molecule has 0 bridgehead atoms. The first-order valence-electron chi connectivity index (χ1n) is 8.77. The normalized spacial score (nSPS) is 10.8. The Morgan fingerprint density at radius 3 is 2.72 bits per heavy atom. The number of amides is 1. The summed E-state index contributed by atoms with van der Waals surface area (Å²) in [5.41, 5.74) is 1.71. The van der Waals surface area contributed by atoms with Gasteiger partial charge < -0.3 is 14.6 Å². The van der Waals surface area contributed by atoms with Crippen LogP contribution in [0.15, 0.2) is 47.9 Å². The number of rotatable bonds is 8. The van der Waals surface area contributed by atoms with E-state index in [-0.39, 0.29) is 18.7 Å². The van der Waals surface area contributed by atoms with Crippen molar-refractivity contribution in [3.05, 3.63) is 79.9 Å². The molecule has 6 nitrogen and oxygen atoms in total. The summed E-state index contributed by atoms with van der Waals surface area (Å²) < 4.78 is 7.51. The number of nitrogens with zero attached hydrogens (tertiary/aromatic N) is 1. The Morgan fingerprint density at radius 1 is 1.34 bits per heavy atom.